The van der Waals surface area contributed by atoms with Crippen molar-refractivity contribution in [2.45, 2.75) is 44.4 Å². The largest absolute Gasteiger partial charge is 0.497 e. The summed E-state index contributed by atoms with van der Waals surface area (Å²) in [5.74, 6) is -0.739. The predicted molar refractivity (Wildman–Crippen MR) is 95.1 cm³/mol. The summed E-state index contributed by atoms with van der Waals surface area (Å²) in [6.45, 7) is 0. The highest BCUT2D eigenvalue weighted by Crippen LogP contribution is 2.59. The minimum absolute atomic E-state index is 0.0802. The van der Waals surface area contributed by atoms with Crippen molar-refractivity contribution >= 4 is 11.9 Å². The fourth-order valence-corrected chi connectivity index (χ4v) is 5.49. The molecule has 3 aliphatic carbocycles. The average Bonchev–Trinajstić information content (AvgIpc) is 3.11. The van der Waals surface area contributed by atoms with Crippen LogP contribution in [0.4, 0.5) is 0 Å². The molecule has 0 aliphatic heterocycles. The van der Waals surface area contributed by atoms with Crippen LogP contribution in [0.2, 0.25) is 0 Å². The Balaban J connectivity index is 1.90. The normalized spacial score (nSPS) is 29.5. The first-order chi connectivity index (χ1) is 12.5. The molecule has 0 bridgehead atoms. The summed E-state index contributed by atoms with van der Waals surface area (Å²) in [7, 11) is 3.05. The quantitative estimate of drug-likeness (QED) is 0.663. The molecule has 0 saturated heterocycles. The highest BCUT2D eigenvalue weighted by molar-refractivity contribution is 5.84. The number of methoxy groups -OCH3 is 2. The van der Waals surface area contributed by atoms with E-state index in [1.807, 2.05) is 12.1 Å². The number of ether oxygens (including phenoxy) is 2. The number of rotatable bonds is 3. The number of hydrogen-bond acceptors (Lipinski definition) is 4. The molecule has 1 aromatic rings. The molecule has 0 amide bonds. The van der Waals surface area contributed by atoms with Gasteiger partial charge in [-0.15, -0.1) is 0 Å². The molecule has 1 saturated carbocycles. The molecule has 3 aliphatic rings. The first kappa shape index (κ1) is 17.1. The van der Waals surface area contributed by atoms with E-state index in [0.717, 1.165) is 54.6 Å². The van der Waals surface area contributed by atoms with Gasteiger partial charge in [-0.2, -0.15) is 0 Å². The molecule has 0 aromatic heterocycles. The Kier molecular flexibility index (Phi) is 4.05. The Hall–Kier alpha value is -2.30. The van der Waals surface area contributed by atoms with E-state index < -0.39 is 17.3 Å². The lowest BCUT2D eigenvalue weighted by Crippen LogP contribution is -2.40. The van der Waals surface area contributed by atoms with Crippen molar-refractivity contribution in [1.82, 2.24) is 0 Å². The van der Waals surface area contributed by atoms with Gasteiger partial charge in [0.1, 0.15) is 5.75 Å². The summed E-state index contributed by atoms with van der Waals surface area (Å²) in [5, 5.41) is 9.95. The lowest BCUT2D eigenvalue weighted by Gasteiger charge is -2.43. The number of carbonyl (C=O) groups excluding carboxylic acids is 1. The van der Waals surface area contributed by atoms with Crippen molar-refractivity contribution in [3.63, 3.8) is 0 Å². The number of esters is 1. The Bertz CT molecular complexity index is 809. The van der Waals surface area contributed by atoms with Crippen molar-refractivity contribution in [3.05, 3.63) is 40.5 Å². The zero-order valence-corrected chi connectivity index (χ0v) is 15.2. The molecule has 5 nitrogen and oxygen atoms in total. The maximum Gasteiger partial charge on any atom is 0.315 e. The van der Waals surface area contributed by atoms with Crippen LogP contribution in [-0.2, 0) is 20.7 Å². The zero-order chi connectivity index (χ0) is 18.5. The van der Waals surface area contributed by atoms with Gasteiger partial charge in [0.05, 0.1) is 25.6 Å². The molecule has 1 fully saturated rings. The van der Waals surface area contributed by atoms with Crippen molar-refractivity contribution < 1.29 is 24.2 Å². The van der Waals surface area contributed by atoms with Gasteiger partial charge >= 0.3 is 11.9 Å². The molecule has 138 valence electrons. The topological polar surface area (TPSA) is 72.8 Å². The first-order valence-corrected chi connectivity index (χ1v) is 9.23. The lowest BCUT2D eigenvalue weighted by molar-refractivity contribution is -0.151. The highest BCUT2D eigenvalue weighted by atomic mass is 16.5. The van der Waals surface area contributed by atoms with Crippen molar-refractivity contribution in [1.29, 1.82) is 0 Å². The van der Waals surface area contributed by atoms with Crippen LogP contribution in [0.15, 0.2) is 29.3 Å². The molecule has 1 aromatic carbocycles. The van der Waals surface area contributed by atoms with E-state index in [0.29, 0.717) is 6.42 Å². The third kappa shape index (κ3) is 2.29. The Morgan fingerprint density at radius 2 is 2.04 bits per heavy atom. The summed E-state index contributed by atoms with van der Waals surface area (Å²) in [5.41, 5.74) is 3.67. The second kappa shape index (κ2) is 6.15. The number of carboxylic acids is 1. The van der Waals surface area contributed by atoms with Crippen LogP contribution >= 0.6 is 0 Å². The summed E-state index contributed by atoms with van der Waals surface area (Å²) in [6, 6.07) is 5.97. The Labute approximate surface area is 153 Å². The second-order valence-electron chi connectivity index (χ2n) is 7.61. The van der Waals surface area contributed by atoms with Crippen LogP contribution in [0.3, 0.4) is 0 Å². The molecule has 0 heterocycles. The number of carboxylic acid groups (broad SMARTS) is 1. The number of benzene rings is 1. The predicted octanol–water partition coefficient (Wildman–Crippen LogP) is 3.47. The van der Waals surface area contributed by atoms with Gasteiger partial charge < -0.3 is 14.6 Å². The highest BCUT2D eigenvalue weighted by Gasteiger charge is 2.53. The van der Waals surface area contributed by atoms with Crippen LogP contribution in [0.25, 0.3) is 0 Å². The lowest BCUT2D eigenvalue weighted by atomic mass is 9.60. The Morgan fingerprint density at radius 1 is 1.23 bits per heavy atom. The third-order valence-electron chi connectivity index (χ3n) is 6.59. The van der Waals surface area contributed by atoms with Crippen molar-refractivity contribution in [2.24, 2.45) is 11.3 Å². The molecular formula is C21H24O5. The number of fused-ring (bicyclic) bond motifs is 4. The zero-order valence-electron chi connectivity index (χ0n) is 15.2. The van der Waals surface area contributed by atoms with Gasteiger partial charge in [-0.25, -0.2) is 0 Å². The molecular weight excluding hydrogens is 332 g/mol. The molecule has 0 radical (unpaired) electrons. The van der Waals surface area contributed by atoms with Crippen LogP contribution in [0, 0.1) is 11.3 Å². The molecule has 1 N–H and O–H groups in total. The fraction of sp³-hybridized carbons (Fsp3) is 0.524. The van der Waals surface area contributed by atoms with E-state index in [1.54, 1.807) is 7.11 Å². The van der Waals surface area contributed by atoms with Crippen molar-refractivity contribution in [3.8, 4) is 5.75 Å². The molecule has 4 rings (SSSR count). The number of carbonyl (C=O) groups is 2. The van der Waals surface area contributed by atoms with E-state index in [1.165, 1.54) is 12.7 Å². The van der Waals surface area contributed by atoms with Crippen LogP contribution in [-0.4, -0.2) is 31.3 Å². The van der Waals surface area contributed by atoms with Gasteiger partial charge in [0.2, 0.25) is 0 Å². The van der Waals surface area contributed by atoms with Gasteiger partial charge in [0.25, 0.3) is 0 Å². The summed E-state index contributed by atoms with van der Waals surface area (Å²) in [6.07, 6.45) is 4.47. The molecule has 5 heteroatoms. The van der Waals surface area contributed by atoms with E-state index in [-0.39, 0.29) is 11.9 Å². The monoisotopic (exact) mass is 356 g/mol. The number of hydrogen-bond donors (Lipinski definition) is 1. The second-order valence-corrected chi connectivity index (χ2v) is 7.61. The molecule has 3 atom stereocenters. The third-order valence-corrected chi connectivity index (χ3v) is 6.59. The van der Waals surface area contributed by atoms with Crippen LogP contribution in [0.5, 0.6) is 5.75 Å². The van der Waals surface area contributed by atoms with E-state index in [9.17, 15) is 14.7 Å². The standard InChI is InChI=1S/C21H24O5/c1-25-13-5-6-14-12(10-13)11-16(19(22)23)18-15(14)7-9-21(20(24)26-2)8-3-4-17(18)21/h5-6,10,15-16H,3-4,7-9,11H2,1-2H3,(H,22,23)/t15-,16-,21-/m1/s1. The number of aliphatic carboxylic acids is 1. The van der Waals surface area contributed by atoms with Crippen LogP contribution < -0.4 is 4.74 Å². The summed E-state index contributed by atoms with van der Waals surface area (Å²) < 4.78 is 10.5. The minimum Gasteiger partial charge on any atom is -0.497 e. The molecule has 0 spiro atoms. The van der Waals surface area contributed by atoms with E-state index in [2.05, 4.69) is 6.07 Å². The maximum absolute atomic E-state index is 12.6. The van der Waals surface area contributed by atoms with Crippen molar-refractivity contribution in [2.75, 3.05) is 14.2 Å². The van der Waals surface area contributed by atoms with Gasteiger partial charge in [0.15, 0.2) is 0 Å². The SMILES string of the molecule is COC(=O)[C@@]12CCCC1=C1[C@H](C(=O)O)Cc3cc(OC)ccc3[C@H]1CC2. The fourth-order valence-electron chi connectivity index (χ4n) is 5.49. The van der Waals surface area contributed by atoms with Gasteiger partial charge in [-0.05, 0) is 67.4 Å². The molecule has 0 unspecified atom stereocenters. The first-order valence-electron chi connectivity index (χ1n) is 9.23. The van der Waals surface area contributed by atoms with Gasteiger partial charge in [0, 0.05) is 5.92 Å². The van der Waals surface area contributed by atoms with Gasteiger partial charge in [-0.1, -0.05) is 11.6 Å². The average molecular weight is 356 g/mol. The molecule has 26 heavy (non-hydrogen) atoms. The Morgan fingerprint density at radius 3 is 2.73 bits per heavy atom. The smallest absolute Gasteiger partial charge is 0.315 e. The van der Waals surface area contributed by atoms with E-state index in [4.69, 9.17) is 9.47 Å². The summed E-state index contributed by atoms with van der Waals surface area (Å²) >= 11 is 0. The van der Waals surface area contributed by atoms with Gasteiger partial charge in [-0.3, -0.25) is 9.59 Å². The maximum atomic E-state index is 12.6. The summed E-state index contributed by atoms with van der Waals surface area (Å²) in [4.78, 5) is 24.8. The van der Waals surface area contributed by atoms with Crippen LogP contribution in [0.1, 0.15) is 49.1 Å². The van der Waals surface area contributed by atoms with E-state index >= 15 is 0 Å². The minimum atomic E-state index is -0.807.